The Morgan fingerprint density at radius 3 is 2.48 bits per heavy atom. The van der Waals surface area contributed by atoms with Crippen LogP contribution in [0.25, 0.3) is 0 Å². The first-order chi connectivity index (χ1) is 9.76. The van der Waals surface area contributed by atoms with E-state index >= 15 is 0 Å². The Morgan fingerprint density at radius 1 is 1.29 bits per heavy atom. The molecule has 0 aliphatic carbocycles. The second-order valence-corrected chi connectivity index (χ2v) is 7.42. The molecule has 2 aliphatic heterocycles. The van der Waals surface area contributed by atoms with Crippen molar-refractivity contribution < 1.29 is 9.53 Å². The molecule has 2 aliphatic rings. The van der Waals surface area contributed by atoms with Crippen LogP contribution >= 0.6 is 11.6 Å². The van der Waals surface area contributed by atoms with Gasteiger partial charge in [0.2, 0.25) is 0 Å². The van der Waals surface area contributed by atoms with Crippen molar-refractivity contribution in [2.75, 3.05) is 31.1 Å². The second-order valence-electron chi connectivity index (χ2n) is 7.03. The lowest BCUT2D eigenvalue weighted by Gasteiger charge is -2.60. The zero-order valence-corrected chi connectivity index (χ0v) is 13.4. The van der Waals surface area contributed by atoms with Crippen LogP contribution in [0.15, 0.2) is 18.3 Å². The number of ether oxygens (including phenoxy) is 1. The Hall–Kier alpha value is -1.49. The number of aromatic nitrogens is 1. The maximum absolute atomic E-state index is 11.9. The molecule has 1 spiro atoms. The molecule has 0 unspecified atom stereocenters. The molecule has 3 rings (SSSR count). The monoisotopic (exact) mass is 309 g/mol. The summed E-state index contributed by atoms with van der Waals surface area (Å²) in [5.74, 6) is 0. The summed E-state index contributed by atoms with van der Waals surface area (Å²) in [6.07, 6.45) is 1.58. The van der Waals surface area contributed by atoms with E-state index in [2.05, 4.69) is 9.88 Å². The van der Waals surface area contributed by atoms with E-state index in [1.54, 1.807) is 17.2 Å². The molecule has 1 amide bonds. The maximum atomic E-state index is 11.9. The van der Waals surface area contributed by atoms with Gasteiger partial charge in [0.15, 0.2) is 0 Å². The SMILES string of the molecule is CC(C)(C)OC(=O)N1CC2(C1)CN(c1ccc(Cl)nc1)C2. The molecule has 21 heavy (non-hydrogen) atoms. The van der Waals surface area contributed by atoms with Gasteiger partial charge in [-0.15, -0.1) is 0 Å². The van der Waals surface area contributed by atoms with Gasteiger partial charge in [-0.3, -0.25) is 0 Å². The number of anilines is 1. The third-order valence-corrected chi connectivity index (χ3v) is 4.06. The van der Waals surface area contributed by atoms with Crippen LogP contribution in [0.3, 0.4) is 0 Å². The van der Waals surface area contributed by atoms with Crippen molar-refractivity contribution in [2.45, 2.75) is 26.4 Å². The number of halogens is 1. The molecule has 0 radical (unpaired) electrons. The van der Waals surface area contributed by atoms with Crippen molar-refractivity contribution in [1.29, 1.82) is 0 Å². The maximum Gasteiger partial charge on any atom is 0.410 e. The molecule has 1 aromatic rings. The first-order valence-electron chi connectivity index (χ1n) is 7.11. The van der Waals surface area contributed by atoms with Gasteiger partial charge in [0.1, 0.15) is 10.8 Å². The van der Waals surface area contributed by atoms with E-state index in [-0.39, 0.29) is 11.5 Å². The molecule has 6 heteroatoms. The topological polar surface area (TPSA) is 45.7 Å². The van der Waals surface area contributed by atoms with Gasteiger partial charge < -0.3 is 14.5 Å². The predicted octanol–water partition coefficient (Wildman–Crippen LogP) is 2.79. The molecule has 0 N–H and O–H groups in total. The van der Waals surface area contributed by atoms with Gasteiger partial charge in [-0.1, -0.05) is 11.6 Å². The molecule has 0 bridgehead atoms. The molecular weight excluding hydrogens is 290 g/mol. The average Bonchev–Trinajstić information content (AvgIpc) is 2.25. The lowest BCUT2D eigenvalue weighted by molar-refractivity contribution is -0.0453. The van der Waals surface area contributed by atoms with E-state index in [0.717, 1.165) is 31.9 Å². The molecular formula is C15H20ClN3O2. The minimum Gasteiger partial charge on any atom is -0.444 e. The van der Waals surface area contributed by atoms with Crippen molar-refractivity contribution in [3.8, 4) is 0 Å². The number of carbonyl (C=O) groups is 1. The normalized spacial score (nSPS) is 20.0. The number of likely N-dealkylation sites (tertiary alicyclic amines) is 1. The van der Waals surface area contributed by atoms with E-state index in [4.69, 9.17) is 16.3 Å². The Bertz CT molecular complexity index is 539. The highest BCUT2D eigenvalue weighted by atomic mass is 35.5. The zero-order chi connectivity index (χ0) is 15.3. The first kappa shape index (κ1) is 14.4. The number of amides is 1. The lowest BCUT2D eigenvalue weighted by Crippen LogP contribution is -2.73. The summed E-state index contributed by atoms with van der Waals surface area (Å²) in [6.45, 7) is 9.13. The van der Waals surface area contributed by atoms with Gasteiger partial charge in [-0.25, -0.2) is 9.78 Å². The summed E-state index contributed by atoms with van der Waals surface area (Å²) in [7, 11) is 0. The lowest BCUT2D eigenvalue weighted by atomic mass is 9.73. The Balaban J connectivity index is 1.50. The summed E-state index contributed by atoms with van der Waals surface area (Å²) < 4.78 is 5.38. The minimum atomic E-state index is -0.430. The summed E-state index contributed by atoms with van der Waals surface area (Å²) in [6, 6.07) is 3.78. The molecule has 3 heterocycles. The number of hydrogen-bond acceptors (Lipinski definition) is 4. The summed E-state index contributed by atoms with van der Waals surface area (Å²) >= 11 is 5.79. The van der Waals surface area contributed by atoms with Crippen LogP contribution in [0.2, 0.25) is 5.15 Å². The van der Waals surface area contributed by atoms with E-state index in [9.17, 15) is 4.79 Å². The van der Waals surface area contributed by atoms with Crippen molar-refractivity contribution in [3.63, 3.8) is 0 Å². The van der Waals surface area contributed by atoms with E-state index in [0.29, 0.717) is 5.15 Å². The third-order valence-electron chi connectivity index (χ3n) is 3.83. The van der Waals surface area contributed by atoms with Gasteiger partial charge in [0, 0.05) is 31.6 Å². The number of carbonyl (C=O) groups excluding carboxylic acids is 1. The van der Waals surface area contributed by atoms with Crippen LogP contribution < -0.4 is 4.90 Å². The van der Waals surface area contributed by atoms with Gasteiger partial charge in [0.05, 0.1) is 11.9 Å². The fourth-order valence-corrected chi connectivity index (χ4v) is 3.03. The number of hydrogen-bond donors (Lipinski definition) is 0. The highest BCUT2D eigenvalue weighted by Gasteiger charge is 2.54. The van der Waals surface area contributed by atoms with Crippen LogP contribution in [0.4, 0.5) is 10.5 Å². The average molecular weight is 310 g/mol. The number of nitrogens with zero attached hydrogens (tertiary/aromatic N) is 3. The number of rotatable bonds is 1. The Kier molecular flexibility index (Phi) is 3.28. The fourth-order valence-electron chi connectivity index (χ4n) is 2.92. The molecule has 2 fully saturated rings. The standard InChI is InChI=1S/C15H20ClN3O2/c1-14(2,3)21-13(20)19-9-15(10-19)7-18(8-15)11-4-5-12(16)17-6-11/h4-6H,7-10H2,1-3H3. The van der Waals surface area contributed by atoms with E-state index in [1.165, 1.54) is 0 Å². The molecule has 2 saturated heterocycles. The molecule has 0 atom stereocenters. The van der Waals surface area contributed by atoms with Crippen molar-refractivity contribution in [2.24, 2.45) is 5.41 Å². The quantitative estimate of drug-likeness (QED) is 0.748. The van der Waals surface area contributed by atoms with Crippen LogP contribution in [0.5, 0.6) is 0 Å². The molecule has 5 nitrogen and oxygen atoms in total. The Morgan fingerprint density at radius 2 is 1.95 bits per heavy atom. The molecule has 1 aromatic heterocycles. The van der Waals surface area contributed by atoms with Gasteiger partial charge in [0.25, 0.3) is 0 Å². The van der Waals surface area contributed by atoms with Crippen LogP contribution in [-0.2, 0) is 4.74 Å². The van der Waals surface area contributed by atoms with Crippen LogP contribution in [-0.4, -0.2) is 47.8 Å². The van der Waals surface area contributed by atoms with Crippen molar-refractivity contribution in [1.82, 2.24) is 9.88 Å². The van der Waals surface area contributed by atoms with Gasteiger partial charge in [-0.05, 0) is 32.9 Å². The van der Waals surface area contributed by atoms with Gasteiger partial charge >= 0.3 is 6.09 Å². The Labute approximate surface area is 129 Å². The summed E-state index contributed by atoms with van der Waals surface area (Å²) in [5.41, 5.74) is 0.887. The molecule has 0 aromatic carbocycles. The van der Waals surface area contributed by atoms with Crippen LogP contribution in [0.1, 0.15) is 20.8 Å². The highest BCUT2D eigenvalue weighted by molar-refractivity contribution is 6.29. The largest absolute Gasteiger partial charge is 0.444 e. The van der Waals surface area contributed by atoms with E-state index in [1.807, 2.05) is 26.8 Å². The van der Waals surface area contributed by atoms with E-state index < -0.39 is 5.60 Å². The summed E-state index contributed by atoms with van der Waals surface area (Å²) in [5, 5.41) is 0.508. The van der Waals surface area contributed by atoms with Crippen molar-refractivity contribution >= 4 is 23.4 Å². The fraction of sp³-hybridized carbons (Fsp3) is 0.600. The van der Waals surface area contributed by atoms with Gasteiger partial charge in [-0.2, -0.15) is 0 Å². The highest BCUT2D eigenvalue weighted by Crippen LogP contribution is 2.42. The van der Waals surface area contributed by atoms with Crippen molar-refractivity contribution in [3.05, 3.63) is 23.5 Å². The third kappa shape index (κ3) is 2.93. The zero-order valence-electron chi connectivity index (χ0n) is 12.6. The smallest absolute Gasteiger partial charge is 0.410 e. The summed E-state index contributed by atoms with van der Waals surface area (Å²) in [4.78, 5) is 20.1. The first-order valence-corrected chi connectivity index (χ1v) is 7.49. The molecule has 114 valence electrons. The molecule has 0 saturated carbocycles. The predicted molar refractivity (Wildman–Crippen MR) is 81.7 cm³/mol. The minimum absolute atomic E-state index is 0.209. The van der Waals surface area contributed by atoms with Crippen LogP contribution in [0, 0.1) is 5.41 Å². The number of pyridine rings is 1. The second kappa shape index (κ2) is 4.77.